The summed E-state index contributed by atoms with van der Waals surface area (Å²) in [6.45, 7) is 14.4. The van der Waals surface area contributed by atoms with Crippen LogP contribution >= 0.6 is 0 Å². The Labute approximate surface area is 226 Å². The molecule has 1 aliphatic carbocycles. The average molecular weight is 534 g/mol. The van der Waals surface area contributed by atoms with E-state index >= 15 is 0 Å². The number of hydrogen-bond donors (Lipinski definition) is 1. The van der Waals surface area contributed by atoms with Crippen molar-refractivity contribution in [2.75, 3.05) is 6.61 Å². The van der Waals surface area contributed by atoms with Crippen LogP contribution in [-0.2, 0) is 21.5 Å². The van der Waals surface area contributed by atoms with Crippen molar-refractivity contribution in [3.05, 3.63) is 75.6 Å². The van der Waals surface area contributed by atoms with Crippen LogP contribution in [0.5, 0.6) is 5.75 Å². The summed E-state index contributed by atoms with van der Waals surface area (Å²) in [4.78, 5) is 25.6. The standard InChI is InChI=1S/C29H32FN5O4/c1-17-12-18(2)35-27(32-17)33-25(34-35)14-21-24(36)15-29(39-26(21)37,19-8-6-7-9-19)16-38-20-10-11-22(23(30)13-20)28(3,4)31-5/h10-13,19,36H,6-9,14-16H2,1-4H3. The topological polar surface area (TPSA) is 103 Å². The normalized spacial score (nSPS) is 20.4. The molecule has 0 bridgehead atoms. The Morgan fingerprint density at radius 3 is 2.67 bits per heavy atom. The van der Waals surface area contributed by atoms with Gasteiger partial charge in [0.2, 0.25) is 0 Å². The molecular formula is C29H32FN5O4. The summed E-state index contributed by atoms with van der Waals surface area (Å²) < 4.78 is 28.5. The van der Waals surface area contributed by atoms with Crippen LogP contribution in [0.1, 0.15) is 68.7 Å². The summed E-state index contributed by atoms with van der Waals surface area (Å²) in [6.07, 6.45) is 3.76. The molecule has 39 heavy (non-hydrogen) atoms. The number of esters is 1. The molecule has 2 aliphatic rings. The number of aromatic nitrogens is 4. The molecule has 1 aliphatic heterocycles. The molecule has 3 heterocycles. The molecule has 1 unspecified atom stereocenters. The molecule has 10 heteroatoms. The van der Waals surface area contributed by atoms with Gasteiger partial charge < -0.3 is 19.4 Å². The number of benzene rings is 1. The van der Waals surface area contributed by atoms with Crippen molar-refractivity contribution in [1.82, 2.24) is 19.6 Å². The Bertz CT molecular complexity index is 1520. The Morgan fingerprint density at radius 2 is 2.00 bits per heavy atom. The van der Waals surface area contributed by atoms with E-state index in [1.165, 1.54) is 6.07 Å². The van der Waals surface area contributed by atoms with Crippen LogP contribution in [0.4, 0.5) is 4.39 Å². The highest BCUT2D eigenvalue weighted by molar-refractivity contribution is 5.90. The summed E-state index contributed by atoms with van der Waals surface area (Å²) in [6, 6.07) is 6.31. The highest BCUT2D eigenvalue weighted by Gasteiger charge is 2.49. The van der Waals surface area contributed by atoms with E-state index in [0.29, 0.717) is 11.6 Å². The first-order valence-electron chi connectivity index (χ1n) is 13.2. The van der Waals surface area contributed by atoms with E-state index < -0.39 is 22.9 Å². The summed E-state index contributed by atoms with van der Waals surface area (Å²) in [5.41, 5.74) is -0.00269. The van der Waals surface area contributed by atoms with Gasteiger partial charge in [0, 0.05) is 50.1 Å². The molecule has 2 aromatic heterocycles. The molecule has 0 radical (unpaired) electrons. The van der Waals surface area contributed by atoms with Gasteiger partial charge >= 0.3 is 5.97 Å². The molecule has 1 fully saturated rings. The molecule has 1 N–H and O–H groups in total. The lowest BCUT2D eigenvalue weighted by molar-refractivity contribution is -0.171. The zero-order valence-electron chi connectivity index (χ0n) is 22.6. The van der Waals surface area contributed by atoms with Gasteiger partial charge in [0.1, 0.15) is 23.9 Å². The molecule has 1 saturated carbocycles. The van der Waals surface area contributed by atoms with Crippen LogP contribution in [0.25, 0.3) is 10.6 Å². The van der Waals surface area contributed by atoms with Crippen molar-refractivity contribution < 1.29 is 23.8 Å². The Hall–Kier alpha value is -4.00. The summed E-state index contributed by atoms with van der Waals surface area (Å²) in [5, 5.41) is 15.6. The number of fused-ring (bicyclic) bond motifs is 1. The largest absolute Gasteiger partial charge is 0.512 e. The molecule has 5 rings (SSSR count). The maximum atomic E-state index is 14.8. The van der Waals surface area contributed by atoms with Crippen LogP contribution in [0.15, 0.2) is 35.6 Å². The monoisotopic (exact) mass is 533 g/mol. The highest BCUT2D eigenvalue weighted by atomic mass is 19.1. The predicted octanol–water partition coefficient (Wildman–Crippen LogP) is 5.34. The van der Waals surface area contributed by atoms with Crippen molar-refractivity contribution in [2.45, 2.75) is 77.4 Å². The number of aliphatic hydroxyl groups is 1. The molecule has 9 nitrogen and oxygen atoms in total. The minimum absolute atomic E-state index is 0.00142. The number of aryl methyl sites for hydroxylation is 2. The van der Waals surface area contributed by atoms with Crippen molar-refractivity contribution in [1.29, 1.82) is 0 Å². The lowest BCUT2D eigenvalue weighted by Crippen LogP contribution is -2.50. The fourth-order valence-electron chi connectivity index (χ4n) is 5.63. The van der Waals surface area contributed by atoms with E-state index in [4.69, 9.17) is 16.0 Å². The van der Waals surface area contributed by atoms with Crippen LogP contribution < -0.4 is 4.74 Å². The van der Waals surface area contributed by atoms with E-state index in [-0.39, 0.29) is 48.0 Å². The highest BCUT2D eigenvalue weighted by Crippen LogP contribution is 2.44. The fraction of sp³-hybridized carbons (Fsp3) is 0.483. The Balaban J connectivity index is 1.39. The molecule has 1 aromatic carbocycles. The van der Waals surface area contributed by atoms with Gasteiger partial charge in [-0.3, -0.25) is 0 Å². The maximum Gasteiger partial charge on any atom is 0.338 e. The first kappa shape index (κ1) is 26.6. The van der Waals surface area contributed by atoms with Crippen molar-refractivity contribution >= 4 is 11.7 Å². The number of aliphatic hydroxyl groups excluding tert-OH is 1. The first-order chi connectivity index (χ1) is 18.5. The van der Waals surface area contributed by atoms with Crippen molar-refractivity contribution in [3.63, 3.8) is 0 Å². The van der Waals surface area contributed by atoms with E-state index in [0.717, 1.165) is 37.1 Å². The second kappa shape index (κ2) is 9.95. The third-order valence-electron chi connectivity index (χ3n) is 7.82. The molecule has 0 saturated heterocycles. The number of carbonyl (C=O) groups excluding carboxylic acids is 1. The zero-order chi connectivity index (χ0) is 27.9. The van der Waals surface area contributed by atoms with Gasteiger partial charge in [0.25, 0.3) is 11.3 Å². The second-order valence-corrected chi connectivity index (χ2v) is 11.1. The van der Waals surface area contributed by atoms with Crippen LogP contribution in [-0.4, -0.2) is 42.9 Å². The van der Waals surface area contributed by atoms with Gasteiger partial charge in [0.05, 0.1) is 11.1 Å². The van der Waals surface area contributed by atoms with Crippen LogP contribution in [0.2, 0.25) is 0 Å². The van der Waals surface area contributed by atoms with Gasteiger partial charge in [0.15, 0.2) is 11.4 Å². The van der Waals surface area contributed by atoms with Crippen molar-refractivity contribution in [2.24, 2.45) is 5.92 Å². The van der Waals surface area contributed by atoms with Gasteiger partial charge in [-0.25, -0.2) is 25.3 Å². The van der Waals surface area contributed by atoms with E-state index in [2.05, 4.69) is 19.9 Å². The van der Waals surface area contributed by atoms with Gasteiger partial charge in [-0.2, -0.15) is 4.98 Å². The maximum absolute atomic E-state index is 14.8. The summed E-state index contributed by atoms with van der Waals surface area (Å²) >= 11 is 0. The molecule has 204 valence electrons. The molecule has 0 spiro atoms. The SMILES string of the molecule is [C-]#[N+]C(C)(C)c1ccc(OCC2(C3CCCC3)CC(O)=C(Cc3nc4nc(C)cc(C)n4n3)C(=O)O2)cc1F. The van der Waals surface area contributed by atoms with E-state index in [9.17, 15) is 14.3 Å². The third-order valence-corrected chi connectivity index (χ3v) is 7.82. The van der Waals surface area contributed by atoms with Gasteiger partial charge in [-0.05, 0) is 44.9 Å². The number of hydrogen-bond acceptors (Lipinski definition) is 7. The smallest absolute Gasteiger partial charge is 0.338 e. The first-order valence-corrected chi connectivity index (χ1v) is 13.2. The Morgan fingerprint density at radius 1 is 1.26 bits per heavy atom. The van der Waals surface area contributed by atoms with Gasteiger partial charge in [-0.1, -0.05) is 12.8 Å². The van der Waals surface area contributed by atoms with Crippen LogP contribution in [0, 0.1) is 32.2 Å². The third kappa shape index (κ3) is 5.05. The number of cyclic esters (lactones) is 1. The quantitative estimate of drug-likeness (QED) is 0.323. The van der Waals surface area contributed by atoms with Crippen molar-refractivity contribution in [3.8, 4) is 5.75 Å². The molecular weight excluding hydrogens is 501 g/mol. The Kier molecular flexibility index (Phi) is 6.79. The number of rotatable bonds is 7. The number of halogens is 1. The second-order valence-electron chi connectivity index (χ2n) is 11.1. The summed E-state index contributed by atoms with van der Waals surface area (Å²) in [5.74, 6) is -0.175. The van der Waals surface area contributed by atoms with E-state index in [1.54, 1.807) is 30.5 Å². The molecule has 3 aromatic rings. The average Bonchev–Trinajstić information content (AvgIpc) is 3.56. The number of nitrogens with zero attached hydrogens (tertiary/aromatic N) is 5. The zero-order valence-corrected chi connectivity index (χ0v) is 22.6. The van der Waals surface area contributed by atoms with Crippen LogP contribution in [0.3, 0.4) is 0 Å². The lowest BCUT2D eigenvalue weighted by Gasteiger charge is -2.41. The fourth-order valence-corrected chi connectivity index (χ4v) is 5.63. The van der Waals surface area contributed by atoms with Gasteiger partial charge in [-0.15, -0.1) is 5.10 Å². The number of ether oxygens (including phenoxy) is 2. The molecule has 1 atom stereocenters. The predicted molar refractivity (Wildman–Crippen MR) is 141 cm³/mol. The minimum Gasteiger partial charge on any atom is -0.512 e. The molecule has 0 amide bonds. The minimum atomic E-state index is -1.08. The lowest BCUT2D eigenvalue weighted by atomic mass is 9.80. The van der Waals surface area contributed by atoms with E-state index in [1.807, 2.05) is 19.9 Å². The summed E-state index contributed by atoms with van der Waals surface area (Å²) in [7, 11) is 0. The number of carbonyl (C=O) groups is 1.